The Bertz CT molecular complexity index is 721. The second-order valence-electron chi connectivity index (χ2n) is 6.71. The highest BCUT2D eigenvalue weighted by Crippen LogP contribution is 2.31. The van der Waals surface area contributed by atoms with Gasteiger partial charge in [0.05, 0.1) is 19.3 Å². The first kappa shape index (κ1) is 16.0. The first-order valence-electron chi connectivity index (χ1n) is 8.75. The Balaban J connectivity index is 1.51. The fraction of sp³-hybridized carbons (Fsp3) is 0.421. The van der Waals surface area contributed by atoms with E-state index in [1.807, 2.05) is 11.0 Å². The number of morpholine rings is 1. The van der Waals surface area contributed by atoms with Gasteiger partial charge < -0.3 is 14.5 Å². The molecule has 6 nitrogen and oxygen atoms in total. The molecule has 2 saturated heterocycles. The number of rotatable bonds is 2. The molecule has 0 saturated carbocycles. The van der Waals surface area contributed by atoms with E-state index in [2.05, 4.69) is 39.1 Å². The van der Waals surface area contributed by atoms with Crippen LogP contribution in [0, 0.1) is 0 Å². The molecule has 1 aromatic heterocycles. The van der Waals surface area contributed by atoms with Crippen molar-refractivity contribution in [1.29, 1.82) is 0 Å². The molecule has 6 heteroatoms. The molecule has 0 bridgehead atoms. The van der Waals surface area contributed by atoms with Gasteiger partial charge in [-0.25, -0.2) is 4.98 Å². The molecule has 2 fully saturated rings. The Morgan fingerprint density at radius 1 is 1.12 bits per heavy atom. The minimum atomic E-state index is -0.301. The van der Waals surface area contributed by atoms with Crippen molar-refractivity contribution >= 4 is 11.6 Å². The highest BCUT2D eigenvalue weighted by Gasteiger charge is 2.42. The predicted molar refractivity (Wildman–Crippen MR) is 94.5 cm³/mol. The highest BCUT2D eigenvalue weighted by molar-refractivity contribution is 5.92. The van der Waals surface area contributed by atoms with Gasteiger partial charge in [-0.05, 0) is 25.0 Å². The van der Waals surface area contributed by atoms with E-state index in [9.17, 15) is 4.79 Å². The lowest BCUT2D eigenvalue weighted by Crippen LogP contribution is -2.60. The van der Waals surface area contributed by atoms with E-state index in [-0.39, 0.29) is 11.5 Å². The highest BCUT2D eigenvalue weighted by atomic mass is 16.5. The van der Waals surface area contributed by atoms with Crippen molar-refractivity contribution in [3.63, 3.8) is 0 Å². The second-order valence-corrected chi connectivity index (χ2v) is 6.71. The van der Waals surface area contributed by atoms with Gasteiger partial charge in [0.25, 0.3) is 5.91 Å². The number of hydrogen-bond donors (Lipinski definition) is 0. The van der Waals surface area contributed by atoms with E-state index in [0.717, 1.165) is 25.9 Å². The summed E-state index contributed by atoms with van der Waals surface area (Å²) in [6.45, 7) is 3.59. The SMILES string of the molecule is O=C(c1cnccn1)N1CCO[C@@]2(CCCN(c3ccccc3)C2)C1. The van der Waals surface area contributed by atoms with Gasteiger partial charge in [-0.2, -0.15) is 0 Å². The third-order valence-corrected chi connectivity index (χ3v) is 4.98. The first-order chi connectivity index (χ1) is 12.3. The van der Waals surface area contributed by atoms with Crippen LogP contribution in [0.15, 0.2) is 48.9 Å². The van der Waals surface area contributed by atoms with Crippen LogP contribution in [0.1, 0.15) is 23.3 Å². The molecule has 0 radical (unpaired) electrons. The molecule has 1 spiro atoms. The average molecular weight is 338 g/mol. The Kier molecular flexibility index (Phi) is 4.36. The lowest BCUT2D eigenvalue weighted by molar-refractivity contribution is -0.105. The van der Waals surface area contributed by atoms with Gasteiger partial charge in [0.2, 0.25) is 0 Å². The molecule has 0 unspecified atom stereocenters. The molecule has 3 heterocycles. The van der Waals surface area contributed by atoms with Gasteiger partial charge in [-0.3, -0.25) is 9.78 Å². The van der Waals surface area contributed by atoms with Crippen LogP contribution in [-0.2, 0) is 4.74 Å². The van der Waals surface area contributed by atoms with Crippen molar-refractivity contribution in [3.8, 4) is 0 Å². The number of piperidine rings is 1. The predicted octanol–water partition coefficient (Wildman–Crippen LogP) is 1.99. The standard InChI is InChI=1S/C19H22N4O2/c24-18(17-13-20-8-9-21-17)23-11-12-25-19(15-23)7-4-10-22(14-19)16-5-2-1-3-6-16/h1-3,5-6,8-9,13H,4,7,10-12,14-15H2/t19-/m1/s1. The van der Waals surface area contributed by atoms with Gasteiger partial charge >= 0.3 is 0 Å². The van der Waals surface area contributed by atoms with Crippen LogP contribution < -0.4 is 4.90 Å². The van der Waals surface area contributed by atoms with Gasteiger partial charge in [0, 0.05) is 37.7 Å². The zero-order valence-corrected chi connectivity index (χ0v) is 14.2. The summed E-state index contributed by atoms with van der Waals surface area (Å²) in [4.78, 5) is 25.1. The minimum Gasteiger partial charge on any atom is -0.369 e. The van der Waals surface area contributed by atoms with E-state index < -0.39 is 0 Å². The summed E-state index contributed by atoms with van der Waals surface area (Å²) in [6.07, 6.45) is 6.70. The normalized spacial score (nSPS) is 23.7. The van der Waals surface area contributed by atoms with Crippen molar-refractivity contribution < 1.29 is 9.53 Å². The minimum absolute atomic E-state index is 0.0624. The lowest BCUT2D eigenvalue weighted by Gasteiger charge is -2.48. The van der Waals surface area contributed by atoms with Crippen molar-refractivity contribution in [2.75, 3.05) is 37.7 Å². The third kappa shape index (κ3) is 3.35. The number of carbonyl (C=O) groups is 1. The van der Waals surface area contributed by atoms with E-state index in [4.69, 9.17) is 4.74 Å². The molecule has 1 amide bonds. The number of hydrogen-bond acceptors (Lipinski definition) is 5. The maximum absolute atomic E-state index is 12.7. The second kappa shape index (κ2) is 6.80. The Hall–Kier alpha value is -2.47. The molecule has 2 aliphatic heterocycles. The maximum Gasteiger partial charge on any atom is 0.274 e. The van der Waals surface area contributed by atoms with Crippen LogP contribution in [0.2, 0.25) is 0 Å². The van der Waals surface area contributed by atoms with Gasteiger partial charge in [0.1, 0.15) is 11.3 Å². The van der Waals surface area contributed by atoms with Gasteiger partial charge in [0.15, 0.2) is 0 Å². The van der Waals surface area contributed by atoms with E-state index >= 15 is 0 Å². The van der Waals surface area contributed by atoms with Crippen molar-refractivity contribution in [1.82, 2.24) is 14.9 Å². The molecule has 1 aromatic carbocycles. The summed E-state index contributed by atoms with van der Waals surface area (Å²) in [6, 6.07) is 10.4. The van der Waals surface area contributed by atoms with Crippen LogP contribution in [-0.4, -0.2) is 59.2 Å². The van der Waals surface area contributed by atoms with Crippen LogP contribution in [0.25, 0.3) is 0 Å². The topological polar surface area (TPSA) is 58.6 Å². The molecule has 0 aliphatic carbocycles. The van der Waals surface area contributed by atoms with Crippen LogP contribution in [0.3, 0.4) is 0 Å². The Morgan fingerprint density at radius 2 is 2.00 bits per heavy atom. The number of amides is 1. The molecule has 2 aromatic rings. The summed E-state index contributed by atoms with van der Waals surface area (Å²) in [5, 5.41) is 0. The van der Waals surface area contributed by atoms with Gasteiger partial charge in [-0.1, -0.05) is 18.2 Å². The van der Waals surface area contributed by atoms with Crippen LogP contribution >= 0.6 is 0 Å². The maximum atomic E-state index is 12.7. The van der Waals surface area contributed by atoms with E-state index in [1.54, 1.807) is 12.4 Å². The average Bonchev–Trinajstić information content (AvgIpc) is 2.69. The number of nitrogens with zero attached hydrogens (tertiary/aromatic N) is 4. The summed E-state index contributed by atoms with van der Waals surface area (Å²) in [5.41, 5.74) is 1.31. The summed E-state index contributed by atoms with van der Waals surface area (Å²) in [5.74, 6) is -0.0624. The van der Waals surface area contributed by atoms with Crippen molar-refractivity contribution in [3.05, 3.63) is 54.6 Å². The molecule has 2 aliphatic rings. The zero-order valence-electron chi connectivity index (χ0n) is 14.2. The Morgan fingerprint density at radius 3 is 2.80 bits per heavy atom. The smallest absolute Gasteiger partial charge is 0.274 e. The lowest BCUT2D eigenvalue weighted by atomic mass is 9.90. The van der Waals surface area contributed by atoms with E-state index in [1.165, 1.54) is 11.9 Å². The fourth-order valence-corrected chi connectivity index (χ4v) is 3.79. The number of anilines is 1. The summed E-state index contributed by atoms with van der Waals surface area (Å²) in [7, 11) is 0. The van der Waals surface area contributed by atoms with Gasteiger partial charge in [-0.15, -0.1) is 0 Å². The molecular formula is C19H22N4O2. The van der Waals surface area contributed by atoms with Crippen molar-refractivity contribution in [2.24, 2.45) is 0 Å². The number of benzene rings is 1. The number of carbonyl (C=O) groups excluding carboxylic acids is 1. The third-order valence-electron chi connectivity index (χ3n) is 4.98. The largest absolute Gasteiger partial charge is 0.369 e. The molecule has 1 atom stereocenters. The van der Waals surface area contributed by atoms with E-state index in [0.29, 0.717) is 25.4 Å². The number of para-hydroxylation sites is 1. The monoisotopic (exact) mass is 338 g/mol. The first-order valence-corrected chi connectivity index (χ1v) is 8.75. The van der Waals surface area contributed by atoms with Crippen LogP contribution in [0.5, 0.6) is 0 Å². The van der Waals surface area contributed by atoms with Crippen LogP contribution in [0.4, 0.5) is 5.69 Å². The summed E-state index contributed by atoms with van der Waals surface area (Å²) < 4.78 is 6.20. The molecule has 4 rings (SSSR count). The fourth-order valence-electron chi connectivity index (χ4n) is 3.79. The molecule has 0 N–H and O–H groups in total. The Labute approximate surface area is 147 Å². The molecular weight excluding hydrogens is 316 g/mol. The molecule has 130 valence electrons. The molecule has 25 heavy (non-hydrogen) atoms. The summed E-state index contributed by atoms with van der Waals surface area (Å²) >= 11 is 0. The quantitative estimate of drug-likeness (QED) is 0.838. The number of aromatic nitrogens is 2. The number of ether oxygens (including phenoxy) is 1. The zero-order chi connectivity index (χ0) is 17.1. The van der Waals surface area contributed by atoms with Crippen molar-refractivity contribution in [2.45, 2.75) is 18.4 Å².